The Morgan fingerprint density at radius 3 is 2.21 bits per heavy atom. The second kappa shape index (κ2) is 9.47. The highest BCUT2D eigenvalue weighted by Crippen LogP contribution is 2.52. The highest BCUT2D eigenvalue weighted by atomic mass is 31.2. The fraction of sp³-hybridized carbons (Fsp3) is 0.333. The molecule has 0 aliphatic rings. The van der Waals surface area contributed by atoms with Crippen LogP contribution in [0.3, 0.4) is 0 Å². The Balaban J connectivity index is 2.81. The van der Waals surface area contributed by atoms with Crippen LogP contribution in [-0.4, -0.2) is 18.2 Å². The van der Waals surface area contributed by atoms with Gasteiger partial charge in [0.1, 0.15) is 0 Å². The van der Waals surface area contributed by atoms with Crippen LogP contribution in [0.25, 0.3) is 0 Å². The molecule has 0 radical (unpaired) electrons. The molecule has 154 valence electrons. The quantitative estimate of drug-likeness (QED) is 0.426. The SMILES string of the molecule is C/C=C(/CC)C(=O)P(=O)(C(=O)c1c(C)cc(C)c(COC)c1C)c1ccccc1. The molecular weight excluding hydrogens is 383 g/mol. The first kappa shape index (κ1) is 23.0. The summed E-state index contributed by atoms with van der Waals surface area (Å²) in [6.07, 6.45) is 2.07. The lowest BCUT2D eigenvalue weighted by Crippen LogP contribution is -2.23. The molecule has 5 heteroatoms. The smallest absolute Gasteiger partial charge is 0.248 e. The number of carbonyl (C=O) groups is 2. The molecule has 0 spiro atoms. The Hall–Kier alpha value is -2.29. The third kappa shape index (κ3) is 4.19. The molecule has 2 rings (SSSR count). The number of carbonyl (C=O) groups excluding carboxylic acids is 2. The van der Waals surface area contributed by atoms with Crippen LogP contribution in [0.4, 0.5) is 0 Å². The number of benzene rings is 2. The Bertz CT molecular complexity index is 1000. The minimum atomic E-state index is -4.06. The molecular formula is C24H29O4P. The molecule has 0 fully saturated rings. The van der Waals surface area contributed by atoms with Crippen molar-refractivity contribution in [3.8, 4) is 0 Å². The van der Waals surface area contributed by atoms with Gasteiger partial charge in [-0.15, -0.1) is 0 Å². The monoisotopic (exact) mass is 412 g/mol. The van der Waals surface area contributed by atoms with Crippen molar-refractivity contribution in [1.82, 2.24) is 0 Å². The molecule has 0 amide bonds. The van der Waals surface area contributed by atoms with Crippen LogP contribution in [-0.2, 0) is 20.7 Å². The summed E-state index contributed by atoms with van der Waals surface area (Å²) in [4.78, 5) is 27.2. The summed E-state index contributed by atoms with van der Waals surface area (Å²) in [5.74, 6) is 0. The van der Waals surface area contributed by atoms with E-state index in [9.17, 15) is 14.2 Å². The molecule has 0 bridgehead atoms. The van der Waals surface area contributed by atoms with E-state index in [4.69, 9.17) is 4.74 Å². The largest absolute Gasteiger partial charge is 0.380 e. The van der Waals surface area contributed by atoms with Crippen molar-refractivity contribution in [2.24, 2.45) is 0 Å². The lowest BCUT2D eigenvalue weighted by Gasteiger charge is -2.22. The average molecular weight is 412 g/mol. The highest BCUT2D eigenvalue weighted by Gasteiger charge is 2.44. The van der Waals surface area contributed by atoms with Crippen LogP contribution in [0.5, 0.6) is 0 Å². The molecule has 0 aliphatic carbocycles. The Morgan fingerprint density at radius 2 is 1.69 bits per heavy atom. The molecule has 0 aromatic heterocycles. The molecule has 0 saturated heterocycles. The van der Waals surface area contributed by atoms with E-state index in [0.29, 0.717) is 29.7 Å². The number of aryl methyl sites for hydroxylation is 2. The zero-order chi connectivity index (χ0) is 21.8. The van der Waals surface area contributed by atoms with E-state index in [1.54, 1.807) is 50.4 Å². The van der Waals surface area contributed by atoms with Crippen LogP contribution < -0.4 is 5.30 Å². The summed E-state index contributed by atoms with van der Waals surface area (Å²) in [6.45, 7) is 9.51. The Kier molecular flexibility index (Phi) is 7.51. The van der Waals surface area contributed by atoms with Gasteiger partial charge in [-0.1, -0.05) is 49.4 Å². The van der Waals surface area contributed by atoms with E-state index in [2.05, 4.69) is 0 Å². The van der Waals surface area contributed by atoms with Gasteiger partial charge in [0.15, 0.2) is 0 Å². The third-order valence-electron chi connectivity index (χ3n) is 5.33. The first-order valence-electron chi connectivity index (χ1n) is 9.73. The van der Waals surface area contributed by atoms with Gasteiger partial charge in [0, 0.05) is 18.0 Å². The van der Waals surface area contributed by atoms with E-state index >= 15 is 0 Å². The van der Waals surface area contributed by atoms with Gasteiger partial charge >= 0.3 is 0 Å². The van der Waals surface area contributed by atoms with E-state index in [1.165, 1.54) is 0 Å². The van der Waals surface area contributed by atoms with Crippen molar-refractivity contribution in [2.75, 3.05) is 7.11 Å². The number of methoxy groups -OCH3 is 1. The molecule has 2 aromatic carbocycles. The first-order valence-corrected chi connectivity index (χ1v) is 11.4. The van der Waals surface area contributed by atoms with Crippen molar-refractivity contribution >= 4 is 23.5 Å². The minimum absolute atomic E-state index is 0.274. The van der Waals surface area contributed by atoms with Crippen molar-refractivity contribution in [1.29, 1.82) is 0 Å². The van der Waals surface area contributed by atoms with Crippen LogP contribution in [0.2, 0.25) is 0 Å². The molecule has 2 aromatic rings. The third-order valence-corrected chi connectivity index (χ3v) is 8.01. The molecule has 0 aliphatic heterocycles. The highest BCUT2D eigenvalue weighted by molar-refractivity contribution is 8.01. The molecule has 1 unspecified atom stereocenters. The zero-order valence-corrected chi connectivity index (χ0v) is 18.9. The summed E-state index contributed by atoms with van der Waals surface area (Å²) in [5.41, 5.74) is 2.90. The maximum Gasteiger partial charge on any atom is 0.248 e. The van der Waals surface area contributed by atoms with Crippen LogP contribution in [0.1, 0.15) is 52.9 Å². The van der Waals surface area contributed by atoms with Gasteiger partial charge in [-0.3, -0.25) is 9.59 Å². The van der Waals surface area contributed by atoms with E-state index < -0.39 is 18.2 Å². The predicted molar refractivity (Wildman–Crippen MR) is 118 cm³/mol. The van der Waals surface area contributed by atoms with Crippen LogP contribution in [0, 0.1) is 20.8 Å². The van der Waals surface area contributed by atoms with Gasteiger partial charge in [0.05, 0.1) is 6.61 Å². The van der Waals surface area contributed by atoms with Gasteiger partial charge in [-0.05, 0) is 61.9 Å². The summed E-state index contributed by atoms with van der Waals surface area (Å²) in [5, 5.41) is 0.274. The normalized spacial score (nSPS) is 13.8. The number of hydrogen-bond donors (Lipinski definition) is 0. The second-order valence-corrected chi connectivity index (χ2v) is 9.69. The number of allylic oxidation sites excluding steroid dienone is 2. The predicted octanol–water partition coefficient (Wildman–Crippen LogP) is 5.47. The van der Waals surface area contributed by atoms with E-state index in [1.807, 2.05) is 33.8 Å². The van der Waals surface area contributed by atoms with Crippen molar-refractivity contribution in [3.05, 3.63) is 75.9 Å². The van der Waals surface area contributed by atoms with Crippen LogP contribution in [0.15, 0.2) is 48.0 Å². The summed E-state index contributed by atoms with van der Waals surface area (Å²) in [6, 6.07) is 10.3. The summed E-state index contributed by atoms with van der Waals surface area (Å²) in [7, 11) is -2.46. The fourth-order valence-corrected chi connectivity index (χ4v) is 6.32. The molecule has 0 saturated carbocycles. The van der Waals surface area contributed by atoms with Gasteiger partial charge in [-0.2, -0.15) is 0 Å². The standard InChI is InChI=1S/C24H29O4P/c1-7-19(8-2)23(25)29(27,20-12-10-9-11-13-20)24(26)22-17(4)14-16(3)21(15-28-6)18(22)5/h7,9-14H,8,15H2,1-6H3/b19-7-. The van der Waals surface area contributed by atoms with Gasteiger partial charge in [0.2, 0.25) is 18.2 Å². The maximum absolute atomic E-state index is 14.3. The van der Waals surface area contributed by atoms with Gasteiger partial charge < -0.3 is 9.30 Å². The number of hydrogen-bond acceptors (Lipinski definition) is 4. The summed E-state index contributed by atoms with van der Waals surface area (Å²) >= 11 is 0. The van der Waals surface area contributed by atoms with Gasteiger partial charge in [-0.25, -0.2) is 0 Å². The second-order valence-electron chi connectivity index (χ2n) is 7.14. The molecule has 0 N–H and O–H groups in total. The lowest BCUT2D eigenvalue weighted by molar-refractivity contribution is -0.108. The fourth-order valence-electron chi connectivity index (χ4n) is 3.73. The van der Waals surface area contributed by atoms with Gasteiger partial charge in [0.25, 0.3) is 0 Å². The molecule has 1 atom stereocenters. The van der Waals surface area contributed by atoms with E-state index in [-0.39, 0.29) is 5.30 Å². The van der Waals surface area contributed by atoms with Crippen molar-refractivity contribution in [3.63, 3.8) is 0 Å². The van der Waals surface area contributed by atoms with E-state index in [0.717, 1.165) is 16.7 Å². The van der Waals surface area contributed by atoms with Crippen LogP contribution >= 0.6 is 7.14 Å². The zero-order valence-electron chi connectivity index (χ0n) is 18.0. The average Bonchev–Trinajstić information content (AvgIpc) is 2.71. The summed E-state index contributed by atoms with van der Waals surface area (Å²) < 4.78 is 19.6. The Labute approximate surface area is 173 Å². The topological polar surface area (TPSA) is 60.4 Å². The maximum atomic E-state index is 14.3. The Morgan fingerprint density at radius 1 is 1.07 bits per heavy atom. The first-order chi connectivity index (χ1) is 13.7. The number of rotatable bonds is 8. The molecule has 29 heavy (non-hydrogen) atoms. The lowest BCUT2D eigenvalue weighted by atomic mass is 9.94. The number of ether oxygens (including phenoxy) is 1. The molecule has 0 heterocycles. The molecule has 4 nitrogen and oxygen atoms in total. The minimum Gasteiger partial charge on any atom is -0.380 e. The van der Waals surface area contributed by atoms with Crippen molar-refractivity contribution in [2.45, 2.75) is 47.6 Å². The van der Waals surface area contributed by atoms with Crippen molar-refractivity contribution < 1.29 is 18.9 Å².